The van der Waals surface area contributed by atoms with Crippen molar-refractivity contribution in [2.75, 3.05) is 13.2 Å². The molecule has 0 spiro atoms. The molecule has 0 amide bonds. The summed E-state index contributed by atoms with van der Waals surface area (Å²) < 4.78 is 13.9. The molecule has 1 heterocycles. The molecule has 3 aromatic rings. The number of hydrogen-bond donors (Lipinski definition) is 1. The third kappa shape index (κ3) is 5.76. The second kappa shape index (κ2) is 10.3. The zero-order valence-electron chi connectivity index (χ0n) is 19.1. The van der Waals surface area contributed by atoms with Gasteiger partial charge in [0, 0.05) is 19.1 Å². The maximum atomic E-state index is 10.6. The zero-order chi connectivity index (χ0) is 22.5. The summed E-state index contributed by atoms with van der Waals surface area (Å²) >= 11 is 0. The number of rotatable bonds is 11. The van der Waals surface area contributed by atoms with Crippen LogP contribution in [-0.4, -0.2) is 51.2 Å². The van der Waals surface area contributed by atoms with Gasteiger partial charge in [0.05, 0.1) is 35.8 Å². The van der Waals surface area contributed by atoms with E-state index in [-0.39, 0.29) is 6.10 Å². The molecule has 1 atom stereocenters. The lowest BCUT2D eigenvalue weighted by Gasteiger charge is -2.25. The fraction of sp³-hybridized carbons (Fsp3) is 0.423. The lowest BCUT2D eigenvalue weighted by Crippen LogP contribution is -2.36. The van der Waals surface area contributed by atoms with Crippen LogP contribution in [0.5, 0.6) is 11.6 Å². The summed E-state index contributed by atoms with van der Waals surface area (Å²) in [4.78, 5) is 2.34. The normalized spacial score (nSPS) is 14.8. The Balaban J connectivity index is 1.62. The van der Waals surface area contributed by atoms with Crippen molar-refractivity contribution in [3.63, 3.8) is 0 Å². The first kappa shape index (κ1) is 22.5. The summed E-state index contributed by atoms with van der Waals surface area (Å²) in [5.74, 6) is 1.49. The van der Waals surface area contributed by atoms with Gasteiger partial charge in [-0.15, -0.1) is 0 Å². The smallest absolute Gasteiger partial charge is 0.227 e. The van der Waals surface area contributed by atoms with Crippen molar-refractivity contribution in [1.82, 2.24) is 14.7 Å². The van der Waals surface area contributed by atoms with Crippen molar-refractivity contribution in [1.29, 1.82) is 0 Å². The van der Waals surface area contributed by atoms with Crippen molar-refractivity contribution >= 4 is 0 Å². The summed E-state index contributed by atoms with van der Waals surface area (Å²) in [6, 6.07) is 20.3. The molecule has 6 heteroatoms. The molecule has 170 valence electrons. The molecule has 4 rings (SSSR count). The Kier molecular flexibility index (Phi) is 7.25. The SMILES string of the molecule is Cc1nn(-c2ccccc2)c(Oc2ccccc2)c1CN(C[C@@H](O)COC(C)C)C1CC1. The van der Waals surface area contributed by atoms with Crippen molar-refractivity contribution in [2.24, 2.45) is 0 Å². The van der Waals surface area contributed by atoms with Gasteiger partial charge in [-0.2, -0.15) is 5.10 Å². The number of hydrogen-bond acceptors (Lipinski definition) is 5. The van der Waals surface area contributed by atoms with Gasteiger partial charge in [-0.1, -0.05) is 36.4 Å². The minimum absolute atomic E-state index is 0.108. The number of benzene rings is 2. The number of aliphatic hydroxyl groups excluding tert-OH is 1. The van der Waals surface area contributed by atoms with Gasteiger partial charge >= 0.3 is 0 Å². The molecule has 32 heavy (non-hydrogen) atoms. The average Bonchev–Trinajstić information content (AvgIpc) is 3.60. The van der Waals surface area contributed by atoms with Crippen molar-refractivity contribution in [3.8, 4) is 17.3 Å². The van der Waals surface area contributed by atoms with Gasteiger partial charge in [0.15, 0.2) is 0 Å². The van der Waals surface area contributed by atoms with E-state index in [1.165, 1.54) is 0 Å². The van der Waals surface area contributed by atoms with Gasteiger partial charge in [0.1, 0.15) is 5.75 Å². The molecule has 1 fully saturated rings. The zero-order valence-corrected chi connectivity index (χ0v) is 19.1. The van der Waals surface area contributed by atoms with Gasteiger partial charge in [-0.25, -0.2) is 4.68 Å². The average molecular weight is 436 g/mol. The van der Waals surface area contributed by atoms with Crippen LogP contribution < -0.4 is 4.74 Å². The Labute approximate surface area is 190 Å². The van der Waals surface area contributed by atoms with Crippen LogP contribution in [0.4, 0.5) is 0 Å². The number of para-hydroxylation sites is 2. The van der Waals surface area contributed by atoms with Crippen LogP contribution in [-0.2, 0) is 11.3 Å². The van der Waals surface area contributed by atoms with E-state index in [1.54, 1.807) is 0 Å². The highest BCUT2D eigenvalue weighted by atomic mass is 16.5. The molecule has 0 radical (unpaired) electrons. The Bertz CT molecular complexity index is 984. The Morgan fingerprint density at radius 1 is 1.06 bits per heavy atom. The summed E-state index contributed by atoms with van der Waals surface area (Å²) in [6.45, 7) is 7.58. The van der Waals surface area contributed by atoms with E-state index in [4.69, 9.17) is 14.6 Å². The largest absolute Gasteiger partial charge is 0.439 e. The number of aromatic nitrogens is 2. The number of aryl methyl sites for hydroxylation is 1. The van der Waals surface area contributed by atoms with E-state index in [0.717, 1.165) is 41.4 Å². The summed E-state index contributed by atoms with van der Waals surface area (Å²) in [5.41, 5.74) is 2.93. The molecule has 0 saturated heterocycles. The second-order valence-electron chi connectivity index (χ2n) is 8.73. The molecule has 1 N–H and O–H groups in total. The molecule has 6 nitrogen and oxygen atoms in total. The van der Waals surface area contributed by atoms with Crippen LogP contribution >= 0.6 is 0 Å². The number of nitrogens with zero attached hydrogens (tertiary/aromatic N) is 3. The highest BCUT2D eigenvalue weighted by Gasteiger charge is 2.32. The summed E-state index contributed by atoms with van der Waals surface area (Å²) in [6.07, 6.45) is 1.88. The molecule has 1 aliphatic carbocycles. The molecule has 0 bridgehead atoms. The summed E-state index contributed by atoms with van der Waals surface area (Å²) in [7, 11) is 0. The minimum atomic E-state index is -0.527. The van der Waals surface area contributed by atoms with E-state index in [2.05, 4.69) is 4.90 Å². The molecular formula is C26H33N3O3. The maximum absolute atomic E-state index is 10.6. The Morgan fingerprint density at radius 3 is 2.34 bits per heavy atom. The Morgan fingerprint density at radius 2 is 1.72 bits per heavy atom. The van der Waals surface area contributed by atoms with Crippen LogP contribution in [0, 0.1) is 6.92 Å². The van der Waals surface area contributed by atoms with Gasteiger partial charge < -0.3 is 14.6 Å². The fourth-order valence-corrected chi connectivity index (χ4v) is 3.78. The lowest BCUT2D eigenvalue weighted by atomic mass is 10.2. The third-order valence-corrected chi connectivity index (χ3v) is 5.59. The fourth-order valence-electron chi connectivity index (χ4n) is 3.78. The molecular weight excluding hydrogens is 402 g/mol. The highest BCUT2D eigenvalue weighted by molar-refractivity contribution is 5.43. The van der Waals surface area contributed by atoms with Crippen molar-refractivity contribution < 1.29 is 14.6 Å². The topological polar surface area (TPSA) is 59.8 Å². The van der Waals surface area contributed by atoms with E-state index < -0.39 is 6.10 Å². The van der Waals surface area contributed by atoms with E-state index in [1.807, 2.05) is 86.1 Å². The number of aliphatic hydroxyl groups is 1. The number of ether oxygens (including phenoxy) is 2. The predicted octanol–water partition coefficient (Wildman–Crippen LogP) is 4.72. The molecule has 2 aromatic carbocycles. The predicted molar refractivity (Wildman–Crippen MR) is 125 cm³/mol. The molecule has 0 unspecified atom stereocenters. The van der Waals surface area contributed by atoms with Crippen LogP contribution in [0.1, 0.15) is 37.9 Å². The first-order valence-electron chi connectivity index (χ1n) is 11.4. The summed E-state index contributed by atoms with van der Waals surface area (Å²) in [5, 5.41) is 15.4. The molecule has 1 aromatic heterocycles. The highest BCUT2D eigenvalue weighted by Crippen LogP contribution is 2.35. The van der Waals surface area contributed by atoms with E-state index in [0.29, 0.717) is 25.7 Å². The van der Waals surface area contributed by atoms with Gasteiger partial charge in [0.2, 0.25) is 5.88 Å². The molecule has 0 aliphatic heterocycles. The van der Waals surface area contributed by atoms with Crippen LogP contribution in [0.15, 0.2) is 60.7 Å². The quantitative estimate of drug-likeness (QED) is 0.472. The van der Waals surface area contributed by atoms with Crippen molar-refractivity contribution in [3.05, 3.63) is 71.9 Å². The second-order valence-corrected chi connectivity index (χ2v) is 8.73. The molecule has 1 aliphatic rings. The monoisotopic (exact) mass is 435 g/mol. The van der Waals surface area contributed by atoms with Gasteiger partial charge in [-0.3, -0.25) is 4.90 Å². The maximum Gasteiger partial charge on any atom is 0.227 e. The van der Waals surface area contributed by atoms with Crippen LogP contribution in [0.25, 0.3) is 5.69 Å². The lowest BCUT2D eigenvalue weighted by molar-refractivity contribution is -0.0107. The first-order chi connectivity index (χ1) is 15.5. The third-order valence-electron chi connectivity index (χ3n) is 5.59. The van der Waals surface area contributed by atoms with E-state index in [9.17, 15) is 5.11 Å². The van der Waals surface area contributed by atoms with Crippen LogP contribution in [0.2, 0.25) is 0 Å². The van der Waals surface area contributed by atoms with Crippen molar-refractivity contribution in [2.45, 2.75) is 58.4 Å². The Hall–Kier alpha value is -2.67. The minimum Gasteiger partial charge on any atom is -0.439 e. The van der Waals surface area contributed by atoms with E-state index >= 15 is 0 Å². The van der Waals surface area contributed by atoms with Crippen LogP contribution in [0.3, 0.4) is 0 Å². The molecule has 1 saturated carbocycles. The van der Waals surface area contributed by atoms with Gasteiger partial charge in [0.25, 0.3) is 0 Å². The standard InChI is InChI=1S/C26H33N3O3/c1-19(2)31-18-23(30)16-28(21-14-15-21)17-25-20(3)27-29(22-10-6-4-7-11-22)26(25)32-24-12-8-5-9-13-24/h4-13,19,21,23,30H,14-18H2,1-3H3/t23-/m1/s1. The van der Waals surface area contributed by atoms with Gasteiger partial charge in [-0.05, 0) is 57.9 Å². The first-order valence-corrected chi connectivity index (χ1v) is 11.4.